The first-order valence-corrected chi connectivity index (χ1v) is 8.11. The van der Waals surface area contributed by atoms with E-state index in [2.05, 4.69) is 26.7 Å². The minimum Gasteiger partial charge on any atom is -0.330 e. The zero-order chi connectivity index (χ0) is 13.9. The van der Waals surface area contributed by atoms with Gasteiger partial charge in [0.15, 0.2) is 0 Å². The lowest BCUT2D eigenvalue weighted by molar-refractivity contribution is 0.123. The highest BCUT2D eigenvalue weighted by Gasteiger charge is 2.28. The molecular weight excluding hydrogens is 250 g/mol. The quantitative estimate of drug-likeness (QED) is 0.907. The number of hydrogen-bond donors (Lipinski definition) is 1. The Morgan fingerprint density at radius 2 is 2.05 bits per heavy atom. The molecule has 20 heavy (non-hydrogen) atoms. The van der Waals surface area contributed by atoms with Gasteiger partial charge >= 0.3 is 0 Å². The van der Waals surface area contributed by atoms with E-state index in [1.54, 1.807) is 0 Å². The summed E-state index contributed by atoms with van der Waals surface area (Å²) in [6, 6.07) is 0.616. The molecule has 0 bridgehead atoms. The third-order valence-corrected chi connectivity index (χ3v) is 5.06. The van der Waals surface area contributed by atoms with Crippen LogP contribution in [0, 0.1) is 5.92 Å². The minimum atomic E-state index is 0.616. The zero-order valence-corrected chi connectivity index (χ0v) is 12.6. The monoisotopic (exact) mass is 277 g/mol. The summed E-state index contributed by atoms with van der Waals surface area (Å²) in [4.78, 5) is 2.46. The van der Waals surface area contributed by atoms with Crippen LogP contribution >= 0.6 is 0 Å². The maximum atomic E-state index is 5.96. The molecule has 2 aliphatic rings. The second-order valence-electron chi connectivity index (χ2n) is 6.40. The molecule has 1 aliphatic heterocycles. The molecule has 2 atom stereocenters. The van der Waals surface area contributed by atoms with Gasteiger partial charge in [-0.1, -0.05) is 12.8 Å². The van der Waals surface area contributed by atoms with E-state index >= 15 is 0 Å². The van der Waals surface area contributed by atoms with Crippen molar-refractivity contribution in [3.63, 3.8) is 0 Å². The Hall–Kier alpha value is -0.940. The summed E-state index contributed by atoms with van der Waals surface area (Å²) in [5.41, 5.74) is 5.96. The topological polar surface area (TPSA) is 60.0 Å². The standard InChI is InChI=1S/C15H27N5/c1-19(13-7-3-2-6-12(13)10-16)11-15-18-17-14-8-4-5-9-20(14)15/h12-13H,2-11,16H2,1H3. The van der Waals surface area contributed by atoms with Crippen LogP contribution in [0.4, 0.5) is 0 Å². The second-order valence-corrected chi connectivity index (χ2v) is 6.40. The molecule has 112 valence electrons. The van der Waals surface area contributed by atoms with Crippen molar-refractivity contribution in [2.75, 3.05) is 13.6 Å². The third-order valence-electron chi connectivity index (χ3n) is 5.06. The fraction of sp³-hybridized carbons (Fsp3) is 0.867. The van der Waals surface area contributed by atoms with Gasteiger partial charge in [0.05, 0.1) is 6.54 Å². The third kappa shape index (κ3) is 2.74. The van der Waals surface area contributed by atoms with Crippen molar-refractivity contribution in [2.24, 2.45) is 11.7 Å². The number of hydrogen-bond acceptors (Lipinski definition) is 4. The van der Waals surface area contributed by atoms with Crippen molar-refractivity contribution >= 4 is 0 Å². The van der Waals surface area contributed by atoms with Crippen molar-refractivity contribution in [3.05, 3.63) is 11.6 Å². The van der Waals surface area contributed by atoms with E-state index in [4.69, 9.17) is 5.73 Å². The van der Waals surface area contributed by atoms with Crippen LogP contribution < -0.4 is 5.73 Å². The molecule has 1 aromatic heterocycles. The number of nitrogens with two attached hydrogens (primary N) is 1. The summed E-state index contributed by atoms with van der Waals surface area (Å²) in [6.45, 7) is 2.82. The van der Waals surface area contributed by atoms with Crippen LogP contribution in [0.2, 0.25) is 0 Å². The predicted octanol–water partition coefficient (Wildman–Crippen LogP) is 1.56. The van der Waals surface area contributed by atoms with Crippen LogP contribution in [-0.2, 0) is 19.5 Å². The molecule has 0 spiro atoms. The number of rotatable bonds is 4. The molecule has 0 amide bonds. The number of nitrogens with zero attached hydrogens (tertiary/aromatic N) is 4. The average molecular weight is 277 g/mol. The summed E-state index contributed by atoms with van der Waals surface area (Å²) < 4.78 is 2.33. The fourth-order valence-electron chi connectivity index (χ4n) is 3.87. The van der Waals surface area contributed by atoms with Crippen LogP contribution in [-0.4, -0.2) is 39.3 Å². The highest BCUT2D eigenvalue weighted by molar-refractivity contribution is 4.99. The highest BCUT2D eigenvalue weighted by Crippen LogP contribution is 2.28. The van der Waals surface area contributed by atoms with Crippen molar-refractivity contribution < 1.29 is 0 Å². The van der Waals surface area contributed by atoms with Gasteiger partial charge < -0.3 is 10.3 Å². The maximum Gasteiger partial charge on any atom is 0.147 e. The van der Waals surface area contributed by atoms with E-state index in [-0.39, 0.29) is 0 Å². The molecule has 0 radical (unpaired) electrons. The van der Waals surface area contributed by atoms with E-state index in [1.165, 1.54) is 44.3 Å². The van der Waals surface area contributed by atoms with Crippen molar-refractivity contribution in [1.82, 2.24) is 19.7 Å². The van der Waals surface area contributed by atoms with E-state index in [1.807, 2.05) is 0 Å². The van der Waals surface area contributed by atoms with Crippen LogP contribution in [0.1, 0.15) is 50.2 Å². The van der Waals surface area contributed by atoms with Crippen molar-refractivity contribution in [2.45, 2.75) is 64.1 Å². The molecular formula is C15H27N5. The molecule has 5 heteroatoms. The van der Waals surface area contributed by atoms with Crippen molar-refractivity contribution in [3.8, 4) is 0 Å². The Labute approximate surface area is 121 Å². The van der Waals surface area contributed by atoms with Gasteiger partial charge in [-0.25, -0.2) is 0 Å². The van der Waals surface area contributed by atoms with Crippen LogP contribution in [0.5, 0.6) is 0 Å². The molecule has 1 fully saturated rings. The van der Waals surface area contributed by atoms with E-state index in [9.17, 15) is 0 Å². The molecule has 1 saturated carbocycles. The molecule has 1 aliphatic carbocycles. The normalized spacial score (nSPS) is 26.8. The molecule has 5 nitrogen and oxygen atoms in total. The van der Waals surface area contributed by atoms with E-state index in [0.29, 0.717) is 12.0 Å². The lowest BCUT2D eigenvalue weighted by atomic mass is 9.84. The molecule has 1 aromatic rings. The molecule has 2 unspecified atom stereocenters. The minimum absolute atomic E-state index is 0.616. The number of fused-ring (bicyclic) bond motifs is 1. The highest BCUT2D eigenvalue weighted by atomic mass is 15.3. The first kappa shape index (κ1) is 14.0. The average Bonchev–Trinajstić information content (AvgIpc) is 2.90. The lowest BCUT2D eigenvalue weighted by Crippen LogP contribution is -2.43. The van der Waals surface area contributed by atoms with Gasteiger partial charge in [0.1, 0.15) is 11.6 Å². The molecule has 2 heterocycles. The first-order chi connectivity index (χ1) is 9.79. The van der Waals surface area contributed by atoms with Crippen molar-refractivity contribution in [1.29, 1.82) is 0 Å². The van der Waals surface area contributed by atoms with Gasteiger partial charge in [0.25, 0.3) is 0 Å². The van der Waals surface area contributed by atoms with E-state index < -0.39 is 0 Å². The Kier molecular flexibility index (Phi) is 4.36. The summed E-state index contributed by atoms with van der Waals surface area (Å²) in [6.07, 6.45) is 8.84. The SMILES string of the molecule is CN(Cc1nnc2n1CCCC2)C1CCCCC1CN. The summed E-state index contributed by atoms with van der Waals surface area (Å²) in [5, 5.41) is 8.78. The van der Waals surface area contributed by atoms with Gasteiger partial charge in [-0.3, -0.25) is 4.90 Å². The summed E-state index contributed by atoms with van der Waals surface area (Å²) >= 11 is 0. The Morgan fingerprint density at radius 1 is 1.20 bits per heavy atom. The van der Waals surface area contributed by atoms with Crippen LogP contribution in [0.15, 0.2) is 0 Å². The van der Waals surface area contributed by atoms with Crippen LogP contribution in [0.25, 0.3) is 0 Å². The summed E-state index contributed by atoms with van der Waals surface area (Å²) in [5.74, 6) is 2.97. The lowest BCUT2D eigenvalue weighted by Gasteiger charge is -2.37. The zero-order valence-electron chi connectivity index (χ0n) is 12.6. The van der Waals surface area contributed by atoms with Gasteiger partial charge in [0.2, 0.25) is 0 Å². The van der Waals surface area contributed by atoms with Gasteiger partial charge in [-0.05, 0) is 45.2 Å². The van der Waals surface area contributed by atoms with E-state index in [0.717, 1.165) is 31.9 Å². The number of aromatic nitrogens is 3. The fourth-order valence-corrected chi connectivity index (χ4v) is 3.87. The number of aryl methyl sites for hydroxylation is 1. The Bertz CT molecular complexity index is 441. The van der Waals surface area contributed by atoms with Gasteiger partial charge in [0, 0.05) is 19.0 Å². The van der Waals surface area contributed by atoms with Gasteiger partial charge in [-0.2, -0.15) is 0 Å². The Morgan fingerprint density at radius 3 is 2.90 bits per heavy atom. The second kappa shape index (κ2) is 6.22. The van der Waals surface area contributed by atoms with Gasteiger partial charge in [-0.15, -0.1) is 10.2 Å². The first-order valence-electron chi connectivity index (χ1n) is 8.11. The molecule has 0 saturated heterocycles. The maximum absolute atomic E-state index is 5.96. The molecule has 3 rings (SSSR count). The Balaban J connectivity index is 1.68. The molecule has 2 N–H and O–H groups in total. The van der Waals surface area contributed by atoms with Crippen LogP contribution in [0.3, 0.4) is 0 Å². The largest absolute Gasteiger partial charge is 0.330 e. The smallest absolute Gasteiger partial charge is 0.147 e. The molecule has 0 aromatic carbocycles. The summed E-state index contributed by atoms with van der Waals surface area (Å²) in [7, 11) is 2.23. The predicted molar refractivity (Wildman–Crippen MR) is 79.2 cm³/mol.